The van der Waals surface area contributed by atoms with Crippen LogP contribution in [-0.2, 0) is 4.74 Å². The lowest BCUT2D eigenvalue weighted by atomic mass is 9.76. The molecular weight excluding hydrogens is 300 g/mol. The fourth-order valence-electron chi connectivity index (χ4n) is 3.02. The first-order valence-electron chi connectivity index (χ1n) is 6.91. The first-order chi connectivity index (χ1) is 9.24. The molecule has 3 rings (SSSR count). The van der Waals surface area contributed by atoms with Crippen molar-refractivity contribution in [1.82, 2.24) is 0 Å². The summed E-state index contributed by atoms with van der Waals surface area (Å²) < 4.78 is 5.75. The summed E-state index contributed by atoms with van der Waals surface area (Å²) in [4.78, 5) is 0.360. The molecule has 2 heteroatoms. The van der Waals surface area contributed by atoms with Crippen LogP contribution in [-0.4, -0.2) is 12.7 Å². The highest BCUT2D eigenvalue weighted by Crippen LogP contribution is 2.45. The van der Waals surface area contributed by atoms with E-state index in [4.69, 9.17) is 4.74 Å². The smallest absolute Gasteiger partial charge is 0.0692 e. The van der Waals surface area contributed by atoms with Crippen molar-refractivity contribution in [2.45, 2.75) is 36.1 Å². The molecule has 1 nitrogen and oxygen atoms in total. The van der Waals surface area contributed by atoms with Crippen LogP contribution in [0.15, 0.2) is 42.5 Å². The van der Waals surface area contributed by atoms with Crippen LogP contribution >= 0.6 is 15.9 Å². The first kappa shape index (κ1) is 13.1. The molecule has 1 unspecified atom stereocenters. The van der Waals surface area contributed by atoms with Crippen molar-refractivity contribution >= 4 is 26.7 Å². The molecule has 0 N–H and O–H groups in total. The van der Waals surface area contributed by atoms with Gasteiger partial charge in [-0.2, -0.15) is 0 Å². The van der Waals surface area contributed by atoms with Gasteiger partial charge in [0, 0.05) is 11.9 Å². The summed E-state index contributed by atoms with van der Waals surface area (Å²) in [6.45, 7) is 0. The molecule has 2 aromatic carbocycles. The molecule has 2 aromatic rings. The summed E-state index contributed by atoms with van der Waals surface area (Å²) in [5, 5.41) is 2.65. The molecule has 0 amide bonds. The van der Waals surface area contributed by atoms with E-state index in [1.165, 1.54) is 35.6 Å². The Morgan fingerprint density at radius 2 is 1.89 bits per heavy atom. The molecule has 0 bridgehead atoms. The molecule has 0 aliphatic heterocycles. The van der Waals surface area contributed by atoms with Gasteiger partial charge in [0.1, 0.15) is 0 Å². The summed E-state index contributed by atoms with van der Waals surface area (Å²) in [6, 6.07) is 15.1. The van der Waals surface area contributed by atoms with Gasteiger partial charge < -0.3 is 4.74 Å². The van der Waals surface area contributed by atoms with Gasteiger partial charge in [-0.1, -0.05) is 58.4 Å². The Bertz CT molecular complexity index is 563. The van der Waals surface area contributed by atoms with Crippen LogP contribution in [0, 0.1) is 0 Å². The van der Waals surface area contributed by atoms with E-state index in [0.29, 0.717) is 4.83 Å². The van der Waals surface area contributed by atoms with Crippen molar-refractivity contribution < 1.29 is 4.74 Å². The number of hydrogen-bond acceptors (Lipinski definition) is 1. The Balaban J connectivity index is 1.91. The minimum Gasteiger partial charge on any atom is -0.378 e. The van der Waals surface area contributed by atoms with Gasteiger partial charge in [-0.3, -0.25) is 0 Å². The number of rotatable bonds is 4. The number of methoxy groups -OCH3 is 1. The normalized spacial score (nSPS) is 19.1. The third kappa shape index (κ3) is 2.44. The average Bonchev–Trinajstić information content (AvgIpc) is 2.42. The summed E-state index contributed by atoms with van der Waals surface area (Å²) in [6.07, 6.45) is 4.73. The maximum atomic E-state index is 5.75. The van der Waals surface area contributed by atoms with Crippen molar-refractivity contribution in [2.75, 3.05) is 7.11 Å². The topological polar surface area (TPSA) is 9.23 Å². The predicted molar refractivity (Wildman–Crippen MR) is 83.8 cm³/mol. The molecule has 1 aliphatic carbocycles. The van der Waals surface area contributed by atoms with Crippen molar-refractivity contribution in [3.63, 3.8) is 0 Å². The Morgan fingerprint density at radius 3 is 2.58 bits per heavy atom. The molecule has 100 valence electrons. The van der Waals surface area contributed by atoms with Crippen LogP contribution in [0.4, 0.5) is 0 Å². The van der Waals surface area contributed by atoms with Gasteiger partial charge in [0.2, 0.25) is 0 Å². The lowest BCUT2D eigenvalue weighted by molar-refractivity contribution is -0.0772. The third-order valence-corrected chi connectivity index (χ3v) is 5.23. The fourth-order valence-corrected chi connectivity index (χ4v) is 4.01. The van der Waals surface area contributed by atoms with Gasteiger partial charge in [0.05, 0.1) is 5.60 Å². The zero-order valence-electron chi connectivity index (χ0n) is 11.2. The van der Waals surface area contributed by atoms with Crippen LogP contribution in [0.3, 0.4) is 0 Å². The standard InChI is InChI=1S/C17H19BrO/c1-19-17(10-5-11-17)12-16(18)15-9-4-7-13-6-2-3-8-14(13)15/h2-4,6-9,16H,5,10-12H2,1H3. The summed E-state index contributed by atoms with van der Waals surface area (Å²) in [5.74, 6) is 0. The van der Waals surface area contributed by atoms with Gasteiger partial charge >= 0.3 is 0 Å². The van der Waals surface area contributed by atoms with Gasteiger partial charge in [-0.05, 0) is 42.0 Å². The molecule has 0 heterocycles. The van der Waals surface area contributed by atoms with Gasteiger partial charge in [-0.15, -0.1) is 0 Å². The molecule has 1 atom stereocenters. The summed E-state index contributed by atoms with van der Waals surface area (Å²) in [7, 11) is 1.85. The average molecular weight is 319 g/mol. The molecule has 0 saturated heterocycles. The van der Waals surface area contributed by atoms with Gasteiger partial charge in [-0.25, -0.2) is 0 Å². The Kier molecular flexibility index (Phi) is 3.64. The Morgan fingerprint density at radius 1 is 1.16 bits per heavy atom. The van der Waals surface area contributed by atoms with E-state index in [9.17, 15) is 0 Å². The zero-order valence-corrected chi connectivity index (χ0v) is 12.8. The summed E-state index contributed by atoms with van der Waals surface area (Å²) in [5.41, 5.74) is 1.48. The van der Waals surface area contributed by atoms with Crippen molar-refractivity contribution in [2.24, 2.45) is 0 Å². The molecule has 1 aliphatic rings. The first-order valence-corrected chi connectivity index (χ1v) is 7.83. The Labute approximate surface area is 123 Å². The monoisotopic (exact) mass is 318 g/mol. The van der Waals surface area contributed by atoms with E-state index in [1.54, 1.807) is 0 Å². The van der Waals surface area contributed by atoms with E-state index in [-0.39, 0.29) is 5.60 Å². The minimum atomic E-state index is 0.102. The molecule has 1 fully saturated rings. The fraction of sp³-hybridized carbons (Fsp3) is 0.412. The number of fused-ring (bicyclic) bond motifs is 1. The van der Waals surface area contributed by atoms with Crippen LogP contribution in [0.1, 0.15) is 36.1 Å². The van der Waals surface area contributed by atoms with E-state index >= 15 is 0 Å². The van der Waals surface area contributed by atoms with Crippen molar-refractivity contribution in [1.29, 1.82) is 0 Å². The van der Waals surface area contributed by atoms with Crippen LogP contribution in [0.5, 0.6) is 0 Å². The van der Waals surface area contributed by atoms with Crippen LogP contribution in [0.2, 0.25) is 0 Å². The predicted octanol–water partition coefficient (Wildman–Crippen LogP) is 5.24. The van der Waals surface area contributed by atoms with E-state index in [0.717, 1.165) is 6.42 Å². The second kappa shape index (κ2) is 5.26. The van der Waals surface area contributed by atoms with Crippen molar-refractivity contribution in [3.05, 3.63) is 48.0 Å². The van der Waals surface area contributed by atoms with E-state index in [2.05, 4.69) is 58.4 Å². The molecule has 0 spiro atoms. The van der Waals surface area contributed by atoms with Gasteiger partial charge in [0.15, 0.2) is 0 Å². The number of hydrogen-bond donors (Lipinski definition) is 0. The highest BCUT2D eigenvalue weighted by atomic mass is 79.9. The second-order valence-electron chi connectivity index (χ2n) is 5.48. The molecule has 0 aromatic heterocycles. The number of benzene rings is 2. The maximum Gasteiger partial charge on any atom is 0.0692 e. The molecular formula is C17H19BrO. The third-order valence-electron chi connectivity index (χ3n) is 4.41. The van der Waals surface area contributed by atoms with Gasteiger partial charge in [0.25, 0.3) is 0 Å². The molecule has 1 saturated carbocycles. The zero-order chi connectivity index (χ0) is 13.3. The Hall–Kier alpha value is -0.860. The second-order valence-corrected chi connectivity index (χ2v) is 6.59. The lowest BCUT2D eigenvalue weighted by Gasteiger charge is -2.42. The SMILES string of the molecule is COC1(CC(Br)c2cccc3ccccc23)CCC1. The van der Waals surface area contributed by atoms with Crippen LogP contribution in [0.25, 0.3) is 10.8 Å². The number of alkyl halides is 1. The van der Waals surface area contributed by atoms with Crippen molar-refractivity contribution in [3.8, 4) is 0 Å². The number of halogens is 1. The van der Waals surface area contributed by atoms with Crippen LogP contribution < -0.4 is 0 Å². The van der Waals surface area contributed by atoms with E-state index < -0.39 is 0 Å². The highest BCUT2D eigenvalue weighted by Gasteiger charge is 2.38. The highest BCUT2D eigenvalue weighted by molar-refractivity contribution is 9.09. The largest absolute Gasteiger partial charge is 0.378 e. The molecule has 19 heavy (non-hydrogen) atoms. The molecule has 0 radical (unpaired) electrons. The maximum absolute atomic E-state index is 5.75. The lowest BCUT2D eigenvalue weighted by Crippen LogP contribution is -2.39. The van der Waals surface area contributed by atoms with E-state index in [1.807, 2.05) is 7.11 Å². The number of ether oxygens (including phenoxy) is 1. The minimum absolute atomic E-state index is 0.102. The quantitative estimate of drug-likeness (QED) is 0.701. The summed E-state index contributed by atoms with van der Waals surface area (Å²) >= 11 is 3.88.